The van der Waals surface area contributed by atoms with Gasteiger partial charge in [-0.05, 0) is 20.8 Å². The zero-order valence-corrected chi connectivity index (χ0v) is 32.7. The van der Waals surface area contributed by atoms with Crippen molar-refractivity contribution in [3.05, 3.63) is 85.1 Å². The summed E-state index contributed by atoms with van der Waals surface area (Å²) in [5.41, 5.74) is 6.01. The van der Waals surface area contributed by atoms with E-state index in [0.717, 1.165) is 0 Å². The van der Waals surface area contributed by atoms with Crippen LogP contribution in [0.1, 0.15) is 47.5 Å². The molecule has 0 aromatic carbocycles. The number of aliphatic hydroxyl groups is 7. The minimum Gasteiger partial charge on any atom is -0.394 e. The van der Waals surface area contributed by atoms with Gasteiger partial charge in [0.1, 0.15) is 6.10 Å². The van der Waals surface area contributed by atoms with Gasteiger partial charge in [0.2, 0.25) is 0 Å². The molecule has 2 fully saturated rings. The lowest BCUT2D eigenvalue weighted by molar-refractivity contribution is -0.291. The molecule has 2 amide bonds. The summed E-state index contributed by atoms with van der Waals surface area (Å²) in [6, 6.07) is -2.82. The molecule has 11 N–H and O–H groups in total. The summed E-state index contributed by atoms with van der Waals surface area (Å²) >= 11 is 0. The minimum atomic E-state index is -1.74. The average Bonchev–Trinajstić information content (AvgIpc) is 3.14. The van der Waals surface area contributed by atoms with Gasteiger partial charge in [0, 0.05) is 38.3 Å². The fraction of sp³-hybridized carbons (Fsp3) is 0.625. The van der Waals surface area contributed by atoms with Crippen LogP contribution in [0.15, 0.2) is 85.1 Å². The molecular formula is C40H65N3O12. The van der Waals surface area contributed by atoms with Crippen molar-refractivity contribution in [1.29, 1.82) is 0 Å². The van der Waals surface area contributed by atoms with E-state index in [1.165, 1.54) is 6.92 Å². The van der Waals surface area contributed by atoms with Crippen LogP contribution in [-0.2, 0) is 18.9 Å². The van der Waals surface area contributed by atoms with E-state index in [-0.39, 0.29) is 37.3 Å². The van der Waals surface area contributed by atoms with Crippen LogP contribution in [0.3, 0.4) is 0 Å². The molecule has 2 saturated heterocycles. The Kier molecular flexibility index (Phi) is 21.5. The highest BCUT2D eigenvalue weighted by molar-refractivity contribution is 5.74. The average molecular weight is 780 g/mol. The Morgan fingerprint density at radius 3 is 2.02 bits per heavy atom. The van der Waals surface area contributed by atoms with Crippen molar-refractivity contribution in [2.75, 3.05) is 20.3 Å². The second-order valence-corrected chi connectivity index (χ2v) is 14.3. The zero-order valence-electron chi connectivity index (χ0n) is 32.7. The summed E-state index contributed by atoms with van der Waals surface area (Å²) in [4.78, 5) is 12.6. The number of amides is 2. The molecule has 2 aliphatic rings. The molecule has 0 unspecified atom stereocenters. The van der Waals surface area contributed by atoms with Gasteiger partial charge in [0.25, 0.3) is 0 Å². The molecule has 2 heterocycles. The summed E-state index contributed by atoms with van der Waals surface area (Å²) in [6.07, 6.45) is 16.0. The molecule has 312 valence electrons. The minimum absolute atomic E-state index is 0.0117. The zero-order chi connectivity index (χ0) is 41.1. The summed E-state index contributed by atoms with van der Waals surface area (Å²) in [5, 5.41) is 76.8. The lowest BCUT2D eigenvalue weighted by Crippen LogP contribution is -2.63. The fourth-order valence-electron chi connectivity index (χ4n) is 5.99. The third kappa shape index (κ3) is 16.9. The largest absolute Gasteiger partial charge is 0.394 e. The third-order valence-corrected chi connectivity index (χ3v) is 9.64. The first-order valence-corrected chi connectivity index (χ1v) is 18.7. The number of methoxy groups -OCH3 is 1. The molecule has 55 heavy (non-hydrogen) atoms. The number of rotatable bonds is 20. The topological polar surface area (TPSA) is 246 Å². The normalized spacial score (nSPS) is 33.0. The highest BCUT2D eigenvalue weighted by Crippen LogP contribution is 2.31. The van der Waals surface area contributed by atoms with Crippen molar-refractivity contribution in [3.8, 4) is 0 Å². The van der Waals surface area contributed by atoms with Crippen LogP contribution in [0.5, 0.6) is 0 Å². The van der Waals surface area contributed by atoms with E-state index in [1.54, 1.807) is 44.4 Å². The van der Waals surface area contributed by atoms with Crippen molar-refractivity contribution in [2.45, 2.75) is 127 Å². The maximum absolute atomic E-state index is 12.6. The number of nitrogens with two attached hydrogens (primary N) is 1. The molecule has 0 spiro atoms. The van der Waals surface area contributed by atoms with E-state index in [1.807, 2.05) is 75.5 Å². The van der Waals surface area contributed by atoms with Gasteiger partial charge in [-0.2, -0.15) is 0 Å². The lowest BCUT2D eigenvalue weighted by atomic mass is 9.89. The predicted octanol–water partition coefficient (Wildman–Crippen LogP) is 0.996. The van der Waals surface area contributed by atoms with Crippen molar-refractivity contribution in [1.82, 2.24) is 10.6 Å². The maximum Gasteiger partial charge on any atom is 0.315 e. The summed E-state index contributed by atoms with van der Waals surface area (Å²) < 4.78 is 23.0. The molecule has 2 rings (SSSR count). The standard InChI is InChI=1S/C40H65N3O12/c1-25(35(47)26(2)27(3)52-6)19-17-15-13-11-9-7-8-10-12-14-16-18-20-30(54-38-37(49)33(41)36(48)28(4)53-38)21-32-34(31(46)22-40(5,51)55-32)43-39(50)42-23-29(45)24-44/h7-20,25-38,44-49,51H,21-24,41H2,1-6H3,(H2,42,43,50)/b8-7+,11-9+,12-10+,15-13+,16-14+,19-17+,20-18+/t25-,26-,27-,28+,29-,30-,31-,32-,33-,34+,35+,36+,37-,38-,40+/m0/s1. The number of carbonyl (C=O) groups is 1. The van der Waals surface area contributed by atoms with Gasteiger partial charge in [-0.15, -0.1) is 0 Å². The number of urea groups is 1. The predicted molar refractivity (Wildman–Crippen MR) is 208 cm³/mol. The van der Waals surface area contributed by atoms with Gasteiger partial charge in [-0.25, -0.2) is 4.79 Å². The Morgan fingerprint density at radius 2 is 1.47 bits per heavy atom. The molecule has 15 heteroatoms. The van der Waals surface area contributed by atoms with Crippen LogP contribution in [0.4, 0.5) is 4.79 Å². The lowest BCUT2D eigenvalue weighted by Gasteiger charge is -2.45. The number of carbonyl (C=O) groups excluding carboxylic acids is 1. The molecule has 0 bridgehead atoms. The molecule has 0 radical (unpaired) electrons. The number of aliphatic hydroxyl groups excluding tert-OH is 6. The Labute approximate surface area is 325 Å². The quantitative estimate of drug-likeness (QED) is 0.0777. The van der Waals surface area contributed by atoms with Crippen LogP contribution in [-0.4, -0.2) is 141 Å². The number of hydrogen-bond donors (Lipinski definition) is 10. The maximum atomic E-state index is 12.6. The van der Waals surface area contributed by atoms with E-state index in [0.29, 0.717) is 0 Å². The van der Waals surface area contributed by atoms with Gasteiger partial charge >= 0.3 is 6.03 Å². The highest BCUT2D eigenvalue weighted by Gasteiger charge is 2.46. The number of nitrogens with one attached hydrogen (secondary N) is 2. The Bertz CT molecular complexity index is 1330. The summed E-state index contributed by atoms with van der Waals surface area (Å²) in [6.45, 7) is 8.06. The van der Waals surface area contributed by atoms with Crippen molar-refractivity contribution in [2.24, 2.45) is 17.6 Å². The van der Waals surface area contributed by atoms with Crippen LogP contribution in [0, 0.1) is 11.8 Å². The van der Waals surface area contributed by atoms with Gasteiger partial charge in [-0.1, -0.05) is 98.9 Å². The van der Waals surface area contributed by atoms with E-state index >= 15 is 0 Å². The molecule has 0 aromatic rings. The van der Waals surface area contributed by atoms with E-state index in [9.17, 15) is 35.4 Å². The van der Waals surface area contributed by atoms with E-state index < -0.39 is 85.6 Å². The molecular weight excluding hydrogens is 714 g/mol. The monoisotopic (exact) mass is 779 g/mol. The van der Waals surface area contributed by atoms with Gasteiger partial charge < -0.3 is 71.1 Å². The van der Waals surface area contributed by atoms with Gasteiger partial charge in [0.15, 0.2) is 12.1 Å². The molecule has 15 atom stereocenters. The van der Waals surface area contributed by atoms with Crippen LogP contribution in [0.2, 0.25) is 0 Å². The first-order chi connectivity index (χ1) is 26.0. The van der Waals surface area contributed by atoms with Gasteiger partial charge in [-0.3, -0.25) is 0 Å². The number of allylic oxidation sites excluding steroid dienone is 12. The second-order valence-electron chi connectivity index (χ2n) is 14.3. The Balaban J connectivity index is 2.08. The van der Waals surface area contributed by atoms with E-state index in [4.69, 9.17) is 29.8 Å². The molecule has 15 nitrogen and oxygen atoms in total. The number of ether oxygens (including phenoxy) is 4. The Hall–Kier alpha value is -3.03. The summed E-state index contributed by atoms with van der Waals surface area (Å²) in [5.74, 6) is -1.75. The molecule has 2 aliphatic heterocycles. The first kappa shape index (κ1) is 48.1. The van der Waals surface area contributed by atoms with Crippen LogP contribution >= 0.6 is 0 Å². The van der Waals surface area contributed by atoms with Gasteiger partial charge in [0.05, 0.1) is 67.5 Å². The second kappa shape index (κ2) is 24.6. The molecule has 0 aliphatic carbocycles. The summed E-state index contributed by atoms with van der Waals surface area (Å²) in [7, 11) is 1.64. The third-order valence-electron chi connectivity index (χ3n) is 9.64. The van der Waals surface area contributed by atoms with Crippen LogP contribution < -0.4 is 16.4 Å². The fourth-order valence-corrected chi connectivity index (χ4v) is 5.99. The SMILES string of the molecule is CO[C@@H](C)[C@H](C)[C@H](O)[C@@H](C)/C=C/C=C/C=C/C=C/C=C/C=C/C=C/[C@@H](C[C@@H]1O[C@@](C)(O)C[C@H](O)[C@H]1NC(=O)NC[C@H](O)CO)O[C@@H]1O[C@H](C)[C@@H](O)[C@H](N)[C@@H]1O. The number of hydrogen-bond acceptors (Lipinski definition) is 13. The first-order valence-electron chi connectivity index (χ1n) is 18.7. The molecule has 0 aromatic heterocycles. The highest BCUT2D eigenvalue weighted by atomic mass is 16.7. The van der Waals surface area contributed by atoms with Crippen molar-refractivity contribution < 1.29 is 59.5 Å². The van der Waals surface area contributed by atoms with Crippen LogP contribution in [0.25, 0.3) is 0 Å². The molecule has 0 saturated carbocycles. The van der Waals surface area contributed by atoms with E-state index in [2.05, 4.69) is 10.6 Å². The van der Waals surface area contributed by atoms with Crippen molar-refractivity contribution in [3.63, 3.8) is 0 Å². The smallest absolute Gasteiger partial charge is 0.315 e. The van der Waals surface area contributed by atoms with Crippen molar-refractivity contribution >= 4 is 6.03 Å². The Morgan fingerprint density at radius 1 is 0.927 bits per heavy atom.